The number of fused-ring (bicyclic) bond motifs is 1. The van der Waals surface area contributed by atoms with Gasteiger partial charge in [0.15, 0.2) is 0 Å². The van der Waals surface area contributed by atoms with Crippen molar-refractivity contribution in [3.05, 3.63) is 53.1 Å². The number of allylic oxidation sites excluding steroid dienone is 3. The molecule has 1 fully saturated rings. The van der Waals surface area contributed by atoms with E-state index < -0.39 is 5.97 Å². The number of rotatable bonds is 4. The summed E-state index contributed by atoms with van der Waals surface area (Å²) in [4.78, 5) is 10.7. The number of ether oxygens (including phenoxy) is 1. The number of aliphatic carboxylic acids is 1. The molecule has 1 aromatic rings. The van der Waals surface area contributed by atoms with Crippen LogP contribution in [0.4, 0.5) is 0 Å². The van der Waals surface area contributed by atoms with Gasteiger partial charge in [0.05, 0.1) is 6.61 Å². The van der Waals surface area contributed by atoms with Crippen molar-refractivity contribution in [2.24, 2.45) is 5.92 Å². The van der Waals surface area contributed by atoms with Crippen LogP contribution < -0.4 is 4.74 Å². The fourth-order valence-corrected chi connectivity index (χ4v) is 3.40. The third kappa shape index (κ3) is 2.92. The van der Waals surface area contributed by atoms with Crippen molar-refractivity contribution in [1.29, 1.82) is 0 Å². The molecule has 0 saturated heterocycles. The second-order valence-electron chi connectivity index (χ2n) is 7.70. The van der Waals surface area contributed by atoms with Crippen LogP contribution in [0.5, 0.6) is 5.75 Å². The first-order valence-corrected chi connectivity index (χ1v) is 8.10. The van der Waals surface area contributed by atoms with Gasteiger partial charge in [0.1, 0.15) is 5.75 Å². The SMILES string of the molecule is CC(/C=C/[C@@H]1C[C@]1(C)c1ccc2c(c1)C(C)(C)CO2)=C\C(=O)O. The molecule has 3 heteroatoms. The molecule has 0 amide bonds. The normalized spacial score (nSPS) is 28.5. The first-order valence-electron chi connectivity index (χ1n) is 8.10. The molecule has 122 valence electrons. The van der Waals surface area contributed by atoms with E-state index in [1.54, 1.807) is 0 Å². The van der Waals surface area contributed by atoms with E-state index in [1.165, 1.54) is 17.2 Å². The van der Waals surface area contributed by atoms with Crippen LogP contribution in [0.15, 0.2) is 42.0 Å². The molecule has 0 bridgehead atoms. The quantitative estimate of drug-likeness (QED) is 0.669. The van der Waals surface area contributed by atoms with Crippen molar-refractivity contribution in [2.75, 3.05) is 6.61 Å². The molecule has 1 N–H and O–H groups in total. The first kappa shape index (κ1) is 15.9. The molecular weight excluding hydrogens is 288 g/mol. The predicted octanol–water partition coefficient (Wildman–Crippen LogP) is 4.22. The lowest BCUT2D eigenvalue weighted by Crippen LogP contribution is -2.18. The first-order chi connectivity index (χ1) is 10.7. The summed E-state index contributed by atoms with van der Waals surface area (Å²) >= 11 is 0. The van der Waals surface area contributed by atoms with Crippen LogP contribution in [0, 0.1) is 5.92 Å². The number of carbonyl (C=O) groups is 1. The van der Waals surface area contributed by atoms with Crippen molar-refractivity contribution in [3.63, 3.8) is 0 Å². The Labute approximate surface area is 137 Å². The summed E-state index contributed by atoms with van der Waals surface area (Å²) < 4.78 is 5.77. The van der Waals surface area contributed by atoms with Crippen LogP contribution in [-0.4, -0.2) is 17.7 Å². The molecule has 0 unspecified atom stereocenters. The second kappa shape index (κ2) is 5.26. The molecule has 1 aliphatic carbocycles. The van der Waals surface area contributed by atoms with Gasteiger partial charge >= 0.3 is 5.97 Å². The van der Waals surface area contributed by atoms with Crippen LogP contribution in [0.1, 0.15) is 45.2 Å². The highest BCUT2D eigenvalue weighted by Gasteiger charge is 2.50. The fourth-order valence-electron chi connectivity index (χ4n) is 3.40. The third-order valence-corrected chi connectivity index (χ3v) is 5.20. The monoisotopic (exact) mass is 312 g/mol. The molecule has 1 saturated carbocycles. The molecule has 1 heterocycles. The van der Waals surface area contributed by atoms with E-state index >= 15 is 0 Å². The zero-order valence-corrected chi connectivity index (χ0v) is 14.2. The minimum atomic E-state index is -0.897. The van der Waals surface area contributed by atoms with Crippen molar-refractivity contribution < 1.29 is 14.6 Å². The average molecular weight is 312 g/mol. The van der Waals surface area contributed by atoms with Crippen LogP contribution in [-0.2, 0) is 15.6 Å². The lowest BCUT2D eigenvalue weighted by Gasteiger charge is -2.18. The summed E-state index contributed by atoms with van der Waals surface area (Å²) in [6.45, 7) is 9.28. The van der Waals surface area contributed by atoms with Gasteiger partial charge in [-0.05, 0) is 41.9 Å². The zero-order valence-electron chi connectivity index (χ0n) is 14.2. The van der Waals surface area contributed by atoms with Gasteiger partial charge in [-0.3, -0.25) is 0 Å². The average Bonchev–Trinajstić information content (AvgIpc) is 3.04. The Kier molecular flexibility index (Phi) is 3.62. The molecule has 1 aliphatic heterocycles. The molecule has 0 radical (unpaired) electrons. The Morgan fingerprint density at radius 1 is 1.35 bits per heavy atom. The minimum absolute atomic E-state index is 0.0722. The largest absolute Gasteiger partial charge is 0.492 e. The number of hydrogen-bond acceptors (Lipinski definition) is 2. The van der Waals surface area contributed by atoms with Crippen LogP contribution in [0.25, 0.3) is 0 Å². The predicted molar refractivity (Wildman–Crippen MR) is 91.0 cm³/mol. The lowest BCUT2D eigenvalue weighted by atomic mass is 9.83. The summed E-state index contributed by atoms with van der Waals surface area (Å²) in [7, 11) is 0. The maximum Gasteiger partial charge on any atom is 0.328 e. The number of carboxylic acid groups (broad SMARTS) is 1. The smallest absolute Gasteiger partial charge is 0.328 e. The highest BCUT2D eigenvalue weighted by Crippen LogP contribution is 2.56. The highest BCUT2D eigenvalue weighted by atomic mass is 16.5. The molecule has 0 spiro atoms. The maximum atomic E-state index is 10.7. The summed E-state index contributed by atoms with van der Waals surface area (Å²) in [5.41, 5.74) is 3.64. The summed E-state index contributed by atoms with van der Waals surface area (Å²) in [6, 6.07) is 6.57. The second-order valence-corrected chi connectivity index (χ2v) is 7.70. The molecule has 0 aromatic heterocycles. The third-order valence-electron chi connectivity index (χ3n) is 5.20. The topological polar surface area (TPSA) is 46.5 Å². The van der Waals surface area contributed by atoms with E-state index in [0.717, 1.165) is 24.4 Å². The number of carboxylic acids is 1. The number of hydrogen-bond donors (Lipinski definition) is 1. The van der Waals surface area contributed by atoms with E-state index in [1.807, 2.05) is 13.0 Å². The lowest BCUT2D eigenvalue weighted by molar-refractivity contribution is -0.131. The van der Waals surface area contributed by atoms with Gasteiger partial charge in [-0.2, -0.15) is 0 Å². The number of benzene rings is 1. The van der Waals surface area contributed by atoms with Crippen molar-refractivity contribution in [1.82, 2.24) is 0 Å². The summed E-state index contributed by atoms with van der Waals surface area (Å²) in [5, 5.41) is 8.76. The standard InChI is InChI=1S/C20H24O3/c1-13(9-18(21)22)5-6-15-11-20(15,4)14-7-8-17-16(10-14)19(2,3)12-23-17/h5-10,15H,11-12H2,1-4H3,(H,21,22)/b6-5+,13-9+/t15-,20-/m1/s1. The van der Waals surface area contributed by atoms with Gasteiger partial charge in [0, 0.05) is 17.1 Å². The van der Waals surface area contributed by atoms with Crippen molar-refractivity contribution in [2.45, 2.75) is 44.9 Å². The van der Waals surface area contributed by atoms with E-state index in [0.29, 0.717) is 5.92 Å². The Morgan fingerprint density at radius 2 is 2.09 bits per heavy atom. The molecule has 2 atom stereocenters. The zero-order chi connectivity index (χ0) is 16.8. The molecule has 1 aromatic carbocycles. The van der Waals surface area contributed by atoms with Crippen LogP contribution >= 0.6 is 0 Å². The Hall–Kier alpha value is -2.03. The van der Waals surface area contributed by atoms with Crippen molar-refractivity contribution in [3.8, 4) is 5.75 Å². The van der Waals surface area contributed by atoms with Crippen LogP contribution in [0.3, 0.4) is 0 Å². The Balaban J connectivity index is 1.79. The van der Waals surface area contributed by atoms with Gasteiger partial charge < -0.3 is 9.84 Å². The minimum Gasteiger partial charge on any atom is -0.492 e. The Morgan fingerprint density at radius 3 is 2.78 bits per heavy atom. The van der Waals surface area contributed by atoms with E-state index in [2.05, 4.69) is 45.0 Å². The molecular formula is C20H24O3. The van der Waals surface area contributed by atoms with Gasteiger partial charge in [-0.25, -0.2) is 4.79 Å². The van der Waals surface area contributed by atoms with Crippen LogP contribution in [0.2, 0.25) is 0 Å². The molecule has 23 heavy (non-hydrogen) atoms. The summed E-state index contributed by atoms with van der Waals surface area (Å²) in [5.74, 6) is 0.574. The van der Waals surface area contributed by atoms with E-state index in [4.69, 9.17) is 9.84 Å². The Bertz CT molecular complexity index is 712. The van der Waals surface area contributed by atoms with Gasteiger partial charge in [0.25, 0.3) is 0 Å². The van der Waals surface area contributed by atoms with Crippen molar-refractivity contribution >= 4 is 5.97 Å². The van der Waals surface area contributed by atoms with Gasteiger partial charge in [-0.1, -0.05) is 45.1 Å². The summed E-state index contributed by atoms with van der Waals surface area (Å²) in [6.07, 6.45) is 6.41. The van der Waals surface area contributed by atoms with Gasteiger partial charge in [-0.15, -0.1) is 0 Å². The maximum absolute atomic E-state index is 10.7. The van der Waals surface area contributed by atoms with Gasteiger partial charge in [0.2, 0.25) is 0 Å². The van der Waals surface area contributed by atoms with E-state index in [9.17, 15) is 4.79 Å². The highest BCUT2D eigenvalue weighted by molar-refractivity contribution is 5.81. The fraction of sp³-hybridized carbons (Fsp3) is 0.450. The molecule has 3 nitrogen and oxygen atoms in total. The molecule has 3 rings (SSSR count). The molecule has 2 aliphatic rings. The van der Waals surface area contributed by atoms with E-state index in [-0.39, 0.29) is 10.8 Å².